The largest absolute Gasteiger partial charge is 0.281 e. The average Bonchev–Trinajstić information content (AvgIpc) is 2.02. The van der Waals surface area contributed by atoms with Crippen LogP contribution in [0.15, 0.2) is 0 Å². The molecule has 64 valence electrons. The summed E-state index contributed by atoms with van der Waals surface area (Å²) in [6.07, 6.45) is 4.25. The van der Waals surface area contributed by atoms with Crippen molar-refractivity contribution < 1.29 is 0 Å². The van der Waals surface area contributed by atoms with Crippen molar-refractivity contribution in [2.75, 3.05) is 31.5 Å². The van der Waals surface area contributed by atoms with Crippen molar-refractivity contribution in [1.29, 1.82) is 0 Å². The standard InChI is InChI=1S/C8H16N2S/c1-2-4-9-6-10(5-3-1)8-11-7-9/h1-8H2. The number of thioether (sulfide) groups is 1. The molecule has 3 heteroatoms. The summed E-state index contributed by atoms with van der Waals surface area (Å²) in [4.78, 5) is 5.13. The molecular weight excluding hydrogens is 156 g/mol. The second-order valence-corrected chi connectivity index (χ2v) is 4.38. The maximum Gasteiger partial charge on any atom is 0.0521 e. The fourth-order valence-corrected chi connectivity index (χ4v) is 2.80. The molecule has 2 aliphatic rings. The lowest BCUT2D eigenvalue weighted by molar-refractivity contribution is 0.139. The van der Waals surface area contributed by atoms with Crippen LogP contribution in [0.25, 0.3) is 0 Å². The predicted octanol–water partition coefficient (Wildman–Crippen LogP) is 1.39. The van der Waals surface area contributed by atoms with Crippen LogP contribution in [0.4, 0.5) is 0 Å². The molecule has 2 atom stereocenters. The molecule has 0 amide bonds. The number of nitrogens with zero attached hydrogens (tertiary/aromatic N) is 2. The topological polar surface area (TPSA) is 6.48 Å². The molecule has 2 bridgehead atoms. The van der Waals surface area contributed by atoms with E-state index in [0.717, 1.165) is 0 Å². The summed E-state index contributed by atoms with van der Waals surface area (Å²) in [5.74, 6) is 2.52. The Morgan fingerprint density at radius 1 is 0.818 bits per heavy atom. The molecule has 0 aliphatic carbocycles. The molecule has 0 spiro atoms. The summed E-state index contributed by atoms with van der Waals surface area (Å²) in [5.41, 5.74) is 0. The maximum atomic E-state index is 2.56. The molecule has 0 aromatic rings. The van der Waals surface area contributed by atoms with Crippen LogP contribution < -0.4 is 0 Å². The highest BCUT2D eigenvalue weighted by Crippen LogP contribution is 2.18. The molecule has 2 rings (SSSR count). The first-order chi connectivity index (χ1) is 5.45. The van der Waals surface area contributed by atoms with Crippen molar-refractivity contribution in [1.82, 2.24) is 9.80 Å². The summed E-state index contributed by atoms with van der Waals surface area (Å²) >= 11 is 2.06. The molecule has 2 nitrogen and oxygen atoms in total. The van der Waals surface area contributed by atoms with Gasteiger partial charge >= 0.3 is 0 Å². The van der Waals surface area contributed by atoms with Gasteiger partial charge in [0, 0.05) is 24.8 Å². The zero-order chi connectivity index (χ0) is 7.52. The third kappa shape index (κ3) is 2.10. The van der Waals surface area contributed by atoms with Gasteiger partial charge in [-0.05, 0) is 12.8 Å². The third-order valence-electron chi connectivity index (χ3n) is 2.40. The van der Waals surface area contributed by atoms with E-state index in [9.17, 15) is 0 Å². The fraction of sp³-hybridized carbons (Fsp3) is 1.00. The van der Waals surface area contributed by atoms with Gasteiger partial charge in [0.2, 0.25) is 0 Å². The van der Waals surface area contributed by atoms with Crippen LogP contribution in [-0.4, -0.2) is 41.3 Å². The first-order valence-electron chi connectivity index (χ1n) is 4.47. The zero-order valence-electron chi connectivity index (χ0n) is 6.96. The Kier molecular flexibility index (Phi) is 2.72. The third-order valence-corrected chi connectivity index (χ3v) is 3.49. The molecule has 0 aromatic heterocycles. The maximum absolute atomic E-state index is 2.56. The number of hydrogen-bond acceptors (Lipinski definition) is 3. The van der Waals surface area contributed by atoms with E-state index in [4.69, 9.17) is 0 Å². The van der Waals surface area contributed by atoms with Gasteiger partial charge in [-0.25, -0.2) is 0 Å². The Morgan fingerprint density at radius 3 is 2.09 bits per heavy atom. The van der Waals surface area contributed by atoms with Gasteiger partial charge in [-0.2, -0.15) is 0 Å². The van der Waals surface area contributed by atoms with Crippen LogP contribution in [0.5, 0.6) is 0 Å². The van der Waals surface area contributed by atoms with Crippen LogP contribution in [0, 0.1) is 0 Å². The van der Waals surface area contributed by atoms with E-state index in [1.54, 1.807) is 0 Å². The summed E-state index contributed by atoms with van der Waals surface area (Å²) < 4.78 is 0. The predicted molar refractivity (Wildman–Crippen MR) is 49.5 cm³/mol. The van der Waals surface area contributed by atoms with E-state index in [2.05, 4.69) is 21.6 Å². The zero-order valence-corrected chi connectivity index (χ0v) is 7.78. The van der Waals surface area contributed by atoms with Crippen LogP contribution in [-0.2, 0) is 0 Å². The van der Waals surface area contributed by atoms with E-state index in [1.165, 1.54) is 50.8 Å². The molecule has 2 heterocycles. The minimum absolute atomic E-state index is 1.23. The Hall–Kier alpha value is 0.270. The first-order valence-corrected chi connectivity index (χ1v) is 5.63. The summed E-state index contributed by atoms with van der Waals surface area (Å²) in [6, 6.07) is 0. The van der Waals surface area contributed by atoms with Crippen molar-refractivity contribution >= 4 is 11.8 Å². The SMILES string of the molecule is C1CCN2CSCN(CC1)C2. The quantitative estimate of drug-likeness (QED) is 0.545. The Balaban J connectivity index is 1.90. The van der Waals surface area contributed by atoms with Crippen molar-refractivity contribution in [3.05, 3.63) is 0 Å². The highest BCUT2D eigenvalue weighted by atomic mass is 32.2. The normalized spacial score (nSPS) is 39.3. The smallest absolute Gasteiger partial charge is 0.0521 e. The fourth-order valence-electron chi connectivity index (χ4n) is 1.78. The molecule has 0 saturated carbocycles. The highest BCUT2D eigenvalue weighted by Gasteiger charge is 2.18. The van der Waals surface area contributed by atoms with Gasteiger partial charge < -0.3 is 0 Å². The van der Waals surface area contributed by atoms with Gasteiger partial charge in [-0.3, -0.25) is 9.80 Å². The second-order valence-electron chi connectivity index (χ2n) is 3.45. The molecule has 0 radical (unpaired) electrons. The van der Waals surface area contributed by atoms with Crippen LogP contribution in [0.3, 0.4) is 0 Å². The lowest BCUT2D eigenvalue weighted by Crippen LogP contribution is -2.44. The lowest BCUT2D eigenvalue weighted by atomic mass is 10.2. The molecule has 11 heavy (non-hydrogen) atoms. The van der Waals surface area contributed by atoms with Gasteiger partial charge in [0.15, 0.2) is 0 Å². The number of rotatable bonds is 0. The molecular formula is C8H16N2S. The highest BCUT2D eigenvalue weighted by molar-refractivity contribution is 7.99. The number of hydrogen-bond donors (Lipinski definition) is 0. The van der Waals surface area contributed by atoms with E-state index >= 15 is 0 Å². The van der Waals surface area contributed by atoms with Gasteiger partial charge in [0.05, 0.1) is 6.67 Å². The number of fused-ring (bicyclic) bond motifs is 2. The minimum atomic E-state index is 1.23. The molecule has 0 N–H and O–H groups in total. The van der Waals surface area contributed by atoms with Crippen LogP contribution >= 0.6 is 11.8 Å². The van der Waals surface area contributed by atoms with E-state index in [-0.39, 0.29) is 0 Å². The van der Waals surface area contributed by atoms with E-state index < -0.39 is 0 Å². The molecule has 2 fully saturated rings. The lowest BCUT2D eigenvalue weighted by Gasteiger charge is -2.36. The second kappa shape index (κ2) is 3.78. The van der Waals surface area contributed by atoms with Crippen LogP contribution in [0.2, 0.25) is 0 Å². The average molecular weight is 172 g/mol. The van der Waals surface area contributed by atoms with Crippen molar-refractivity contribution in [2.45, 2.75) is 19.3 Å². The van der Waals surface area contributed by atoms with Gasteiger partial charge in [0.25, 0.3) is 0 Å². The molecule has 0 aromatic carbocycles. The van der Waals surface area contributed by atoms with Gasteiger partial charge in [0.1, 0.15) is 0 Å². The van der Waals surface area contributed by atoms with Crippen molar-refractivity contribution in [2.24, 2.45) is 0 Å². The van der Waals surface area contributed by atoms with Gasteiger partial charge in [-0.1, -0.05) is 6.42 Å². The molecule has 2 aliphatic heterocycles. The molecule has 2 unspecified atom stereocenters. The summed E-state index contributed by atoms with van der Waals surface area (Å²) in [5, 5.41) is 0. The Morgan fingerprint density at radius 2 is 1.45 bits per heavy atom. The Bertz CT molecular complexity index is 117. The van der Waals surface area contributed by atoms with Crippen molar-refractivity contribution in [3.8, 4) is 0 Å². The minimum Gasteiger partial charge on any atom is -0.281 e. The molecule has 2 saturated heterocycles. The summed E-state index contributed by atoms with van der Waals surface area (Å²) in [6.45, 7) is 3.88. The summed E-state index contributed by atoms with van der Waals surface area (Å²) in [7, 11) is 0. The van der Waals surface area contributed by atoms with Gasteiger partial charge in [-0.15, -0.1) is 11.8 Å². The first kappa shape index (κ1) is 7.90. The monoisotopic (exact) mass is 172 g/mol. The Labute approximate surface area is 72.9 Å². The van der Waals surface area contributed by atoms with Crippen molar-refractivity contribution in [3.63, 3.8) is 0 Å². The van der Waals surface area contributed by atoms with E-state index in [0.29, 0.717) is 0 Å². The van der Waals surface area contributed by atoms with Crippen LogP contribution in [0.1, 0.15) is 19.3 Å². The van der Waals surface area contributed by atoms with E-state index in [1.807, 2.05) is 0 Å².